The number of aromatic nitrogens is 1. The fourth-order valence-corrected chi connectivity index (χ4v) is 4.03. The van der Waals surface area contributed by atoms with Gasteiger partial charge in [-0.15, -0.1) is 11.8 Å². The summed E-state index contributed by atoms with van der Waals surface area (Å²) in [5.74, 6) is 1.10. The molecule has 132 valence electrons. The van der Waals surface area contributed by atoms with Crippen LogP contribution >= 0.6 is 11.8 Å². The standard InChI is InChI=1S/C20H25N3OS/c24-20(22-12-7-15-25-18-9-2-1-3-10-18)19(23-13-4-5-14-23)17-8-6-11-21-16-17/h1-3,6,8-11,16,19H,4-5,7,12-15H2,(H,22,24)/t19-/m0/s1. The van der Waals surface area contributed by atoms with E-state index in [-0.39, 0.29) is 11.9 Å². The van der Waals surface area contributed by atoms with Gasteiger partial charge in [0.05, 0.1) is 0 Å². The molecule has 0 bridgehead atoms. The van der Waals surface area contributed by atoms with Gasteiger partial charge in [0.15, 0.2) is 0 Å². The maximum absolute atomic E-state index is 12.8. The van der Waals surface area contributed by atoms with Gasteiger partial charge in [-0.3, -0.25) is 14.7 Å². The van der Waals surface area contributed by atoms with Gasteiger partial charge in [0.1, 0.15) is 6.04 Å². The van der Waals surface area contributed by atoms with Gasteiger partial charge in [0.25, 0.3) is 0 Å². The van der Waals surface area contributed by atoms with Crippen molar-refractivity contribution in [1.29, 1.82) is 0 Å². The molecular weight excluding hydrogens is 330 g/mol. The van der Waals surface area contributed by atoms with Crippen LogP contribution in [-0.2, 0) is 4.79 Å². The third-order valence-electron chi connectivity index (χ3n) is 4.39. The molecule has 1 aromatic carbocycles. The van der Waals surface area contributed by atoms with Gasteiger partial charge in [-0.05, 0) is 61.9 Å². The summed E-state index contributed by atoms with van der Waals surface area (Å²) in [5, 5.41) is 3.12. The molecule has 1 fully saturated rings. The Morgan fingerprint density at radius 3 is 2.68 bits per heavy atom. The SMILES string of the molecule is O=C(NCCCSc1ccccc1)[C@H](c1cccnc1)N1CCCC1. The molecule has 1 atom stereocenters. The summed E-state index contributed by atoms with van der Waals surface area (Å²) >= 11 is 1.83. The lowest BCUT2D eigenvalue weighted by atomic mass is 10.1. The van der Waals surface area contributed by atoms with E-state index in [0.717, 1.165) is 43.7 Å². The number of thioether (sulfide) groups is 1. The molecule has 0 radical (unpaired) electrons. The number of pyridine rings is 1. The summed E-state index contributed by atoms with van der Waals surface area (Å²) in [5.41, 5.74) is 0.987. The number of nitrogens with zero attached hydrogens (tertiary/aromatic N) is 2. The van der Waals surface area contributed by atoms with Crippen LogP contribution < -0.4 is 5.32 Å². The second-order valence-corrected chi connectivity index (χ2v) is 7.41. The average Bonchev–Trinajstić information content (AvgIpc) is 3.17. The number of benzene rings is 1. The second-order valence-electron chi connectivity index (χ2n) is 6.24. The fraction of sp³-hybridized carbons (Fsp3) is 0.400. The molecule has 0 saturated carbocycles. The van der Waals surface area contributed by atoms with Crippen LogP contribution in [0, 0.1) is 0 Å². The monoisotopic (exact) mass is 355 g/mol. The minimum Gasteiger partial charge on any atom is -0.354 e. The predicted octanol–water partition coefficient (Wildman–Crippen LogP) is 3.52. The Labute approximate surface area is 154 Å². The van der Waals surface area contributed by atoms with Crippen LogP contribution in [0.1, 0.15) is 30.9 Å². The van der Waals surface area contributed by atoms with E-state index in [1.807, 2.05) is 36.2 Å². The molecule has 0 aliphatic carbocycles. The Morgan fingerprint density at radius 2 is 1.96 bits per heavy atom. The zero-order chi connectivity index (χ0) is 17.3. The molecule has 1 N–H and O–H groups in total. The van der Waals surface area contributed by atoms with E-state index in [2.05, 4.69) is 39.5 Å². The van der Waals surface area contributed by atoms with Crippen molar-refractivity contribution in [2.75, 3.05) is 25.4 Å². The lowest BCUT2D eigenvalue weighted by Gasteiger charge is -2.26. The quantitative estimate of drug-likeness (QED) is 0.581. The largest absolute Gasteiger partial charge is 0.354 e. The van der Waals surface area contributed by atoms with Crippen molar-refractivity contribution in [3.63, 3.8) is 0 Å². The number of likely N-dealkylation sites (tertiary alicyclic amines) is 1. The molecule has 1 aromatic heterocycles. The fourth-order valence-electron chi connectivity index (χ4n) is 3.15. The molecule has 25 heavy (non-hydrogen) atoms. The predicted molar refractivity (Wildman–Crippen MR) is 103 cm³/mol. The number of carbonyl (C=O) groups excluding carboxylic acids is 1. The smallest absolute Gasteiger partial charge is 0.242 e. The summed E-state index contributed by atoms with van der Waals surface area (Å²) in [4.78, 5) is 20.5. The average molecular weight is 356 g/mol. The van der Waals surface area contributed by atoms with Crippen molar-refractivity contribution in [2.24, 2.45) is 0 Å². The molecule has 2 aromatic rings. The maximum Gasteiger partial charge on any atom is 0.242 e. The highest BCUT2D eigenvalue weighted by Crippen LogP contribution is 2.25. The van der Waals surface area contributed by atoms with Gasteiger partial charge < -0.3 is 5.32 Å². The highest BCUT2D eigenvalue weighted by molar-refractivity contribution is 7.99. The highest BCUT2D eigenvalue weighted by atomic mass is 32.2. The molecule has 2 heterocycles. The summed E-state index contributed by atoms with van der Waals surface area (Å²) in [6.45, 7) is 2.68. The first-order valence-corrected chi connectivity index (χ1v) is 9.93. The van der Waals surface area contributed by atoms with E-state index in [4.69, 9.17) is 0 Å². The van der Waals surface area contributed by atoms with Crippen molar-refractivity contribution in [3.8, 4) is 0 Å². The number of hydrogen-bond donors (Lipinski definition) is 1. The minimum absolute atomic E-state index is 0.0969. The van der Waals surface area contributed by atoms with E-state index >= 15 is 0 Å². The van der Waals surface area contributed by atoms with E-state index in [0.29, 0.717) is 6.54 Å². The molecule has 1 aliphatic heterocycles. The number of carbonyl (C=O) groups is 1. The Bertz CT molecular complexity index is 645. The van der Waals surface area contributed by atoms with Gasteiger partial charge in [0, 0.05) is 23.8 Å². The normalized spacial score (nSPS) is 15.8. The van der Waals surface area contributed by atoms with E-state index in [9.17, 15) is 4.79 Å². The van der Waals surface area contributed by atoms with Gasteiger partial charge in [-0.2, -0.15) is 0 Å². The van der Waals surface area contributed by atoms with E-state index < -0.39 is 0 Å². The van der Waals surface area contributed by atoms with Crippen LogP contribution in [0.5, 0.6) is 0 Å². The lowest BCUT2D eigenvalue weighted by Crippen LogP contribution is -2.39. The zero-order valence-corrected chi connectivity index (χ0v) is 15.3. The molecule has 1 amide bonds. The van der Waals surface area contributed by atoms with Gasteiger partial charge in [-0.25, -0.2) is 0 Å². The number of nitrogens with one attached hydrogen (secondary N) is 1. The third kappa shape index (κ3) is 5.31. The van der Waals surface area contributed by atoms with Crippen LogP contribution in [0.25, 0.3) is 0 Å². The number of rotatable bonds is 8. The Balaban J connectivity index is 1.49. The van der Waals surface area contributed by atoms with Crippen molar-refractivity contribution < 1.29 is 4.79 Å². The summed E-state index contributed by atoms with van der Waals surface area (Å²) in [6, 6.07) is 14.1. The third-order valence-corrected chi connectivity index (χ3v) is 5.48. The molecule has 1 saturated heterocycles. The first-order valence-electron chi connectivity index (χ1n) is 8.94. The summed E-state index contributed by atoms with van der Waals surface area (Å²) in [7, 11) is 0. The van der Waals surface area contributed by atoms with Gasteiger partial charge in [0.2, 0.25) is 5.91 Å². The Hall–Kier alpha value is -1.85. The molecule has 0 unspecified atom stereocenters. The number of hydrogen-bond acceptors (Lipinski definition) is 4. The minimum atomic E-state index is -0.210. The van der Waals surface area contributed by atoms with Crippen LogP contribution in [0.4, 0.5) is 0 Å². The van der Waals surface area contributed by atoms with Gasteiger partial charge in [-0.1, -0.05) is 24.3 Å². The van der Waals surface area contributed by atoms with Crippen LogP contribution in [0.3, 0.4) is 0 Å². The highest BCUT2D eigenvalue weighted by Gasteiger charge is 2.29. The molecule has 5 heteroatoms. The van der Waals surface area contributed by atoms with Gasteiger partial charge >= 0.3 is 0 Å². The van der Waals surface area contributed by atoms with Crippen molar-refractivity contribution >= 4 is 17.7 Å². The first kappa shape index (κ1) is 18.0. The summed E-state index contributed by atoms with van der Waals surface area (Å²) < 4.78 is 0. The van der Waals surface area contributed by atoms with Crippen molar-refractivity contribution in [1.82, 2.24) is 15.2 Å². The Morgan fingerprint density at radius 1 is 1.16 bits per heavy atom. The second kappa shape index (κ2) is 9.59. The topological polar surface area (TPSA) is 45.2 Å². The molecule has 4 nitrogen and oxygen atoms in total. The van der Waals surface area contributed by atoms with Crippen LogP contribution in [0.15, 0.2) is 59.8 Å². The van der Waals surface area contributed by atoms with Crippen LogP contribution in [0.2, 0.25) is 0 Å². The maximum atomic E-state index is 12.8. The van der Waals surface area contributed by atoms with E-state index in [1.54, 1.807) is 6.20 Å². The molecule has 3 rings (SSSR count). The molecular formula is C20H25N3OS. The van der Waals surface area contributed by atoms with Crippen molar-refractivity contribution in [2.45, 2.75) is 30.2 Å². The van der Waals surface area contributed by atoms with Crippen molar-refractivity contribution in [3.05, 3.63) is 60.4 Å². The first-order chi connectivity index (χ1) is 12.3. The molecule has 0 spiro atoms. The zero-order valence-electron chi connectivity index (χ0n) is 14.4. The molecule has 1 aliphatic rings. The van der Waals surface area contributed by atoms with E-state index in [1.165, 1.54) is 4.90 Å². The Kier molecular flexibility index (Phi) is 6.89. The lowest BCUT2D eigenvalue weighted by molar-refractivity contribution is -0.126. The summed E-state index contributed by atoms with van der Waals surface area (Å²) in [6.07, 6.45) is 6.86. The van der Waals surface area contributed by atoms with Crippen LogP contribution in [-0.4, -0.2) is 41.2 Å². The number of amides is 1.